The molecule has 276 valence electrons. The summed E-state index contributed by atoms with van der Waals surface area (Å²) in [7, 11) is -2.65. The summed E-state index contributed by atoms with van der Waals surface area (Å²) in [6.45, 7) is 8.95. The Morgan fingerprint density at radius 2 is 1.40 bits per heavy atom. The van der Waals surface area contributed by atoms with Crippen LogP contribution in [-0.4, -0.2) is 50.5 Å². The topological polar surface area (TPSA) is 68.2 Å². The zero-order valence-electron chi connectivity index (χ0n) is 30.9. The van der Waals surface area contributed by atoms with E-state index in [1.54, 1.807) is 0 Å². The molecule has 1 N–H and O–H groups in total. The van der Waals surface area contributed by atoms with Crippen LogP contribution in [0.3, 0.4) is 0 Å². The van der Waals surface area contributed by atoms with Gasteiger partial charge in [-0.25, -0.2) is 0 Å². The van der Waals surface area contributed by atoms with Crippen LogP contribution in [-0.2, 0) is 15.8 Å². The van der Waals surface area contributed by atoms with Crippen molar-refractivity contribution in [1.82, 2.24) is 4.90 Å². The van der Waals surface area contributed by atoms with E-state index in [2.05, 4.69) is 97.4 Å². The molecule has 53 heavy (non-hydrogen) atoms. The molecule has 0 aliphatic carbocycles. The number of hydrogen-bond donors (Lipinski definition) is 1. The molecule has 2 atom stereocenters. The molecule has 0 fully saturated rings. The molecule has 0 spiro atoms. The summed E-state index contributed by atoms with van der Waals surface area (Å²) >= 11 is 3.62. The Kier molecular flexibility index (Phi) is 12.9. The molecule has 0 saturated carbocycles. The normalized spacial score (nSPS) is 15.4. The molecule has 0 aromatic heterocycles. The summed E-state index contributed by atoms with van der Waals surface area (Å²) in [5.41, 5.74) is 2.87. The number of nitrogens with zero attached hydrogens (tertiary/aromatic N) is 1. The van der Waals surface area contributed by atoms with Crippen molar-refractivity contribution in [2.24, 2.45) is 0 Å². The maximum absolute atomic E-state index is 14.7. The number of benzene rings is 5. The van der Waals surface area contributed by atoms with Crippen LogP contribution in [0.15, 0.2) is 138 Å². The Labute approximate surface area is 324 Å². The van der Waals surface area contributed by atoms with E-state index in [-0.39, 0.29) is 17.6 Å². The summed E-state index contributed by atoms with van der Waals surface area (Å²) in [4.78, 5) is 16.6. The van der Waals surface area contributed by atoms with E-state index in [0.29, 0.717) is 38.5 Å². The van der Waals surface area contributed by atoms with Crippen LogP contribution in [0.5, 0.6) is 11.5 Å². The van der Waals surface area contributed by atoms with Crippen molar-refractivity contribution in [3.8, 4) is 11.5 Å². The molecule has 5 aromatic carbocycles. The minimum atomic E-state index is -2.65. The van der Waals surface area contributed by atoms with Crippen LogP contribution in [0.1, 0.15) is 68.7 Å². The third kappa shape index (κ3) is 8.95. The Morgan fingerprint density at radius 3 is 2.00 bits per heavy atom. The maximum Gasteiger partial charge on any atom is 0.261 e. The molecule has 1 aliphatic heterocycles. The van der Waals surface area contributed by atoms with Crippen LogP contribution < -0.4 is 19.8 Å². The standard InChI is InChI=1S/C45H50BrNO5Si/c1-45(2,3)53(38-18-9-5-10-19-38,39-20-11-6-12-21-39)51-31-14-13-28-47(29-15-30-48)44(49)42-40-32-36(46)24-27-41(40)52-43(42)35-22-25-37(26-23-35)50-33-34-16-7-4-8-17-34/h4-12,16-27,32,42-43,48H,13-15,28-31,33H2,1-3H3/t42-,43+/m1/s1. The van der Waals surface area contributed by atoms with Crippen molar-refractivity contribution < 1.29 is 23.8 Å². The van der Waals surface area contributed by atoms with Gasteiger partial charge in [0.2, 0.25) is 5.91 Å². The number of fused-ring (bicyclic) bond motifs is 1. The van der Waals surface area contributed by atoms with Gasteiger partial charge in [0.05, 0.1) is 0 Å². The quantitative estimate of drug-likeness (QED) is 0.0800. The van der Waals surface area contributed by atoms with Gasteiger partial charge in [0.15, 0.2) is 0 Å². The first kappa shape index (κ1) is 38.5. The predicted molar refractivity (Wildman–Crippen MR) is 219 cm³/mol. The van der Waals surface area contributed by atoms with Gasteiger partial charge in [-0.3, -0.25) is 4.79 Å². The molecule has 1 heterocycles. The third-order valence-corrected chi connectivity index (χ3v) is 15.6. The van der Waals surface area contributed by atoms with Gasteiger partial charge >= 0.3 is 0 Å². The van der Waals surface area contributed by atoms with Gasteiger partial charge < -0.3 is 23.9 Å². The summed E-state index contributed by atoms with van der Waals surface area (Å²) in [5, 5.41) is 12.2. The van der Waals surface area contributed by atoms with E-state index in [1.807, 2.05) is 77.7 Å². The minimum absolute atomic E-state index is 0.00222. The van der Waals surface area contributed by atoms with E-state index in [4.69, 9.17) is 13.9 Å². The summed E-state index contributed by atoms with van der Waals surface area (Å²) in [5.74, 6) is 0.925. The lowest BCUT2D eigenvalue weighted by Gasteiger charge is -2.43. The van der Waals surface area contributed by atoms with Crippen molar-refractivity contribution in [2.45, 2.75) is 63.7 Å². The number of aliphatic hydroxyl groups excluding tert-OH is 1. The van der Waals surface area contributed by atoms with E-state index in [1.165, 1.54) is 10.4 Å². The van der Waals surface area contributed by atoms with Crippen molar-refractivity contribution in [2.75, 3.05) is 26.3 Å². The number of amides is 1. The molecule has 8 heteroatoms. The molecule has 5 aromatic rings. The summed E-state index contributed by atoms with van der Waals surface area (Å²) < 4.78 is 20.6. The van der Waals surface area contributed by atoms with Crippen LogP contribution >= 0.6 is 15.9 Å². The maximum atomic E-state index is 14.7. The van der Waals surface area contributed by atoms with E-state index < -0.39 is 20.3 Å². The highest BCUT2D eigenvalue weighted by Crippen LogP contribution is 2.48. The Balaban J connectivity index is 1.18. The van der Waals surface area contributed by atoms with Gasteiger partial charge in [0.1, 0.15) is 30.1 Å². The number of unbranched alkanes of at least 4 members (excludes halogenated alkanes) is 1. The van der Waals surface area contributed by atoms with E-state index >= 15 is 0 Å². The number of carbonyl (C=O) groups excluding carboxylic acids is 1. The molecule has 0 bridgehead atoms. The molecule has 1 aliphatic rings. The number of rotatable bonds is 16. The number of ether oxygens (including phenoxy) is 2. The van der Waals surface area contributed by atoms with Crippen molar-refractivity contribution >= 4 is 40.5 Å². The third-order valence-electron chi connectivity index (χ3n) is 10.0. The fourth-order valence-electron chi connectivity index (χ4n) is 7.44. The molecule has 1 amide bonds. The second-order valence-corrected chi connectivity index (χ2v) is 19.9. The summed E-state index contributed by atoms with van der Waals surface area (Å²) in [6.07, 6.45) is 1.57. The molecule has 6 rings (SSSR count). The van der Waals surface area contributed by atoms with Crippen molar-refractivity contribution in [3.05, 3.63) is 155 Å². The Hall–Kier alpha value is -4.21. The lowest BCUT2D eigenvalue weighted by molar-refractivity contribution is -0.134. The minimum Gasteiger partial charge on any atom is -0.489 e. The number of aliphatic hydroxyl groups is 1. The average molecular weight is 793 g/mol. The number of halogens is 1. The van der Waals surface area contributed by atoms with Gasteiger partial charge in [-0.1, -0.05) is 140 Å². The van der Waals surface area contributed by atoms with Gasteiger partial charge in [-0.05, 0) is 76.1 Å². The number of carbonyl (C=O) groups is 1. The zero-order chi connectivity index (χ0) is 37.3. The van der Waals surface area contributed by atoms with Gasteiger partial charge in [0, 0.05) is 36.3 Å². The Morgan fingerprint density at radius 1 is 0.792 bits per heavy atom. The fraction of sp³-hybridized carbons (Fsp3) is 0.311. The zero-order valence-corrected chi connectivity index (χ0v) is 33.5. The molecule has 6 nitrogen and oxygen atoms in total. The molecular formula is C45H50BrNO5Si. The smallest absolute Gasteiger partial charge is 0.261 e. The van der Waals surface area contributed by atoms with E-state index in [0.717, 1.165) is 39.8 Å². The predicted octanol–water partition coefficient (Wildman–Crippen LogP) is 8.81. The molecule has 0 saturated heterocycles. The SMILES string of the molecule is CC(C)(C)[Si](OCCCCN(CCCO)C(=O)[C@@H]1c2cc(Br)ccc2O[C@H]1c1ccc(OCc2ccccc2)cc1)(c1ccccc1)c1ccccc1. The van der Waals surface area contributed by atoms with E-state index in [9.17, 15) is 9.90 Å². The average Bonchev–Trinajstić information content (AvgIpc) is 3.55. The first-order chi connectivity index (χ1) is 25.7. The van der Waals surface area contributed by atoms with Crippen molar-refractivity contribution in [1.29, 1.82) is 0 Å². The monoisotopic (exact) mass is 791 g/mol. The highest BCUT2D eigenvalue weighted by atomic mass is 79.9. The van der Waals surface area contributed by atoms with Gasteiger partial charge in [-0.15, -0.1) is 0 Å². The summed E-state index contributed by atoms with van der Waals surface area (Å²) in [6, 6.07) is 45.2. The second-order valence-electron chi connectivity index (χ2n) is 14.7. The highest BCUT2D eigenvalue weighted by molar-refractivity contribution is 9.10. The molecule has 0 unspecified atom stereocenters. The van der Waals surface area contributed by atoms with Gasteiger partial charge in [-0.2, -0.15) is 0 Å². The second kappa shape index (κ2) is 17.7. The number of hydrogen-bond acceptors (Lipinski definition) is 5. The molecule has 0 radical (unpaired) electrons. The largest absolute Gasteiger partial charge is 0.489 e. The fourth-order valence-corrected chi connectivity index (χ4v) is 12.4. The first-order valence-corrected chi connectivity index (χ1v) is 21.3. The molecular weight excluding hydrogens is 742 g/mol. The Bertz CT molecular complexity index is 1860. The van der Waals surface area contributed by atoms with Crippen LogP contribution in [0.2, 0.25) is 5.04 Å². The van der Waals surface area contributed by atoms with Gasteiger partial charge in [0.25, 0.3) is 8.32 Å². The van der Waals surface area contributed by atoms with Crippen molar-refractivity contribution in [3.63, 3.8) is 0 Å². The highest BCUT2D eigenvalue weighted by Gasteiger charge is 2.50. The van der Waals surface area contributed by atoms with Crippen LogP contribution in [0.4, 0.5) is 0 Å². The van der Waals surface area contributed by atoms with Crippen LogP contribution in [0.25, 0.3) is 0 Å². The first-order valence-electron chi connectivity index (χ1n) is 18.6. The van der Waals surface area contributed by atoms with Crippen LogP contribution in [0, 0.1) is 0 Å². The lowest BCUT2D eigenvalue weighted by atomic mass is 9.89. The lowest BCUT2D eigenvalue weighted by Crippen LogP contribution is -2.66.